The van der Waals surface area contributed by atoms with Gasteiger partial charge in [0.25, 0.3) is 0 Å². The molecule has 3 rings (SSSR count). The maximum absolute atomic E-state index is 6.21. The number of nitrogens with zero attached hydrogens (tertiary/aromatic N) is 3. The zero-order valence-electron chi connectivity index (χ0n) is 10.7. The number of benzene rings is 1. The van der Waals surface area contributed by atoms with Gasteiger partial charge in [-0.2, -0.15) is 0 Å². The number of aromatic nitrogens is 3. The second kappa shape index (κ2) is 5.75. The molecule has 3 aromatic rings. The van der Waals surface area contributed by atoms with Crippen LogP contribution in [0.4, 0.5) is 0 Å². The number of hydrogen-bond acceptors (Lipinski definition) is 4. The summed E-state index contributed by atoms with van der Waals surface area (Å²) >= 11 is 7.86. The maximum atomic E-state index is 6.21. The SMILES string of the molecule is NCc1nnn(Cc2ccccc2Cl)c1-c1cccs1. The molecule has 2 aromatic heterocycles. The number of nitrogens with two attached hydrogens (primary N) is 1. The van der Waals surface area contributed by atoms with Crippen LogP contribution in [0.25, 0.3) is 10.6 Å². The lowest BCUT2D eigenvalue weighted by Gasteiger charge is -2.07. The summed E-state index contributed by atoms with van der Waals surface area (Å²) in [5.41, 5.74) is 8.55. The first-order chi connectivity index (χ1) is 9.79. The molecule has 6 heteroatoms. The summed E-state index contributed by atoms with van der Waals surface area (Å²) in [5.74, 6) is 0. The molecule has 2 heterocycles. The van der Waals surface area contributed by atoms with E-state index in [1.54, 1.807) is 11.3 Å². The quantitative estimate of drug-likeness (QED) is 0.805. The number of rotatable bonds is 4. The van der Waals surface area contributed by atoms with Gasteiger partial charge < -0.3 is 5.73 Å². The third-order valence-electron chi connectivity index (χ3n) is 3.03. The van der Waals surface area contributed by atoms with E-state index in [0.717, 1.165) is 26.9 Å². The van der Waals surface area contributed by atoms with Crippen LogP contribution in [0.3, 0.4) is 0 Å². The van der Waals surface area contributed by atoms with Crippen LogP contribution in [0, 0.1) is 0 Å². The highest BCUT2D eigenvalue weighted by Crippen LogP contribution is 2.28. The normalized spacial score (nSPS) is 10.9. The lowest BCUT2D eigenvalue weighted by molar-refractivity contribution is 0.655. The highest BCUT2D eigenvalue weighted by molar-refractivity contribution is 7.13. The maximum Gasteiger partial charge on any atom is 0.105 e. The van der Waals surface area contributed by atoms with E-state index in [1.807, 2.05) is 46.5 Å². The van der Waals surface area contributed by atoms with Crippen LogP contribution < -0.4 is 5.73 Å². The van der Waals surface area contributed by atoms with Gasteiger partial charge in [-0.3, -0.25) is 0 Å². The van der Waals surface area contributed by atoms with Crippen LogP contribution in [-0.4, -0.2) is 15.0 Å². The van der Waals surface area contributed by atoms with Crippen LogP contribution in [0.15, 0.2) is 41.8 Å². The van der Waals surface area contributed by atoms with Gasteiger partial charge in [-0.1, -0.05) is 41.1 Å². The Kier molecular flexibility index (Phi) is 3.82. The Bertz CT molecular complexity index is 706. The molecule has 0 aliphatic carbocycles. The largest absolute Gasteiger partial charge is 0.325 e. The Morgan fingerprint density at radius 2 is 2.05 bits per heavy atom. The summed E-state index contributed by atoms with van der Waals surface area (Å²) in [6.45, 7) is 0.954. The molecule has 0 spiro atoms. The van der Waals surface area contributed by atoms with Crippen molar-refractivity contribution in [2.24, 2.45) is 5.73 Å². The van der Waals surface area contributed by atoms with Gasteiger partial charge in [0.2, 0.25) is 0 Å². The zero-order chi connectivity index (χ0) is 13.9. The third kappa shape index (κ3) is 2.47. The van der Waals surface area contributed by atoms with E-state index in [4.69, 9.17) is 17.3 Å². The molecule has 1 aromatic carbocycles. The third-order valence-corrected chi connectivity index (χ3v) is 4.28. The average Bonchev–Trinajstić information content (AvgIpc) is 3.09. The first-order valence-electron chi connectivity index (χ1n) is 6.19. The van der Waals surface area contributed by atoms with Gasteiger partial charge >= 0.3 is 0 Å². The Morgan fingerprint density at radius 3 is 2.75 bits per heavy atom. The van der Waals surface area contributed by atoms with Crippen molar-refractivity contribution in [3.05, 3.63) is 58.1 Å². The molecule has 4 nitrogen and oxygen atoms in total. The molecule has 0 saturated carbocycles. The fourth-order valence-corrected chi connectivity index (χ4v) is 3.06. The van der Waals surface area contributed by atoms with Gasteiger partial charge in [-0.25, -0.2) is 4.68 Å². The van der Waals surface area contributed by atoms with Crippen LogP contribution in [0.2, 0.25) is 5.02 Å². The Morgan fingerprint density at radius 1 is 1.20 bits per heavy atom. The van der Waals surface area contributed by atoms with Crippen LogP contribution in [-0.2, 0) is 13.1 Å². The van der Waals surface area contributed by atoms with Crippen molar-refractivity contribution in [3.8, 4) is 10.6 Å². The van der Waals surface area contributed by atoms with Gasteiger partial charge in [-0.05, 0) is 23.1 Å². The zero-order valence-corrected chi connectivity index (χ0v) is 12.2. The topological polar surface area (TPSA) is 56.7 Å². The molecule has 0 aliphatic rings. The van der Waals surface area contributed by atoms with E-state index in [2.05, 4.69) is 10.3 Å². The van der Waals surface area contributed by atoms with Crippen molar-refractivity contribution in [2.75, 3.05) is 0 Å². The van der Waals surface area contributed by atoms with E-state index in [-0.39, 0.29) is 0 Å². The van der Waals surface area contributed by atoms with E-state index in [9.17, 15) is 0 Å². The predicted molar refractivity (Wildman–Crippen MR) is 81.8 cm³/mol. The summed E-state index contributed by atoms with van der Waals surface area (Å²) in [6, 6.07) is 11.8. The first-order valence-corrected chi connectivity index (χ1v) is 7.45. The van der Waals surface area contributed by atoms with E-state index < -0.39 is 0 Å². The second-order valence-corrected chi connectivity index (χ2v) is 5.67. The lowest BCUT2D eigenvalue weighted by Crippen LogP contribution is -2.05. The van der Waals surface area contributed by atoms with Crippen LogP contribution in [0.5, 0.6) is 0 Å². The van der Waals surface area contributed by atoms with Crippen molar-refractivity contribution < 1.29 is 0 Å². The molecule has 102 valence electrons. The lowest BCUT2D eigenvalue weighted by atomic mass is 10.2. The Hall–Kier alpha value is -1.69. The smallest absolute Gasteiger partial charge is 0.105 e. The van der Waals surface area contributed by atoms with Crippen molar-refractivity contribution in [1.82, 2.24) is 15.0 Å². The van der Waals surface area contributed by atoms with Gasteiger partial charge in [0.1, 0.15) is 11.4 Å². The molecule has 0 aliphatic heterocycles. The van der Waals surface area contributed by atoms with E-state index in [0.29, 0.717) is 13.1 Å². The molecule has 0 fully saturated rings. The minimum absolute atomic E-state index is 0.371. The van der Waals surface area contributed by atoms with Crippen molar-refractivity contribution in [2.45, 2.75) is 13.1 Å². The minimum Gasteiger partial charge on any atom is -0.325 e. The fourth-order valence-electron chi connectivity index (χ4n) is 2.07. The first kappa shape index (κ1) is 13.3. The van der Waals surface area contributed by atoms with E-state index >= 15 is 0 Å². The molecule has 20 heavy (non-hydrogen) atoms. The predicted octanol–water partition coefficient (Wildman–Crippen LogP) is 3.17. The van der Waals surface area contributed by atoms with E-state index in [1.165, 1.54) is 0 Å². The summed E-state index contributed by atoms with van der Waals surface area (Å²) in [7, 11) is 0. The molecule has 0 unspecified atom stereocenters. The van der Waals surface area contributed by atoms with Crippen LogP contribution in [0.1, 0.15) is 11.3 Å². The van der Waals surface area contributed by atoms with Crippen LogP contribution >= 0.6 is 22.9 Å². The molecule has 0 radical (unpaired) electrons. The number of thiophene rings is 1. The van der Waals surface area contributed by atoms with Gasteiger partial charge in [0.15, 0.2) is 0 Å². The highest BCUT2D eigenvalue weighted by Gasteiger charge is 2.15. The highest BCUT2D eigenvalue weighted by atomic mass is 35.5. The van der Waals surface area contributed by atoms with Gasteiger partial charge in [0.05, 0.1) is 11.4 Å². The number of halogens is 1. The molecule has 0 atom stereocenters. The molecular formula is C14H13ClN4S. The van der Waals surface area contributed by atoms with Gasteiger partial charge in [-0.15, -0.1) is 16.4 Å². The molecule has 2 N–H and O–H groups in total. The molecule has 0 bridgehead atoms. The molecular weight excluding hydrogens is 292 g/mol. The molecule has 0 saturated heterocycles. The summed E-state index contributed by atoms with van der Waals surface area (Å²) < 4.78 is 1.86. The van der Waals surface area contributed by atoms with Crippen molar-refractivity contribution >= 4 is 22.9 Å². The Labute approximate surface area is 125 Å². The summed E-state index contributed by atoms with van der Waals surface area (Å²) in [6.07, 6.45) is 0. The monoisotopic (exact) mass is 304 g/mol. The molecule has 0 amide bonds. The average molecular weight is 305 g/mol. The fraction of sp³-hybridized carbons (Fsp3) is 0.143. The summed E-state index contributed by atoms with van der Waals surface area (Å²) in [4.78, 5) is 1.11. The summed E-state index contributed by atoms with van der Waals surface area (Å²) in [5, 5.41) is 11.1. The van der Waals surface area contributed by atoms with Crippen molar-refractivity contribution in [3.63, 3.8) is 0 Å². The standard InChI is InChI=1S/C14H13ClN4S/c15-11-5-2-1-4-10(11)9-19-14(12(8-16)17-18-19)13-6-3-7-20-13/h1-7H,8-9,16H2. The van der Waals surface area contributed by atoms with Crippen molar-refractivity contribution in [1.29, 1.82) is 0 Å². The Balaban J connectivity index is 2.03. The number of hydrogen-bond donors (Lipinski definition) is 1. The second-order valence-electron chi connectivity index (χ2n) is 4.32. The van der Waals surface area contributed by atoms with Gasteiger partial charge in [0, 0.05) is 11.6 Å². The minimum atomic E-state index is 0.371.